The van der Waals surface area contributed by atoms with E-state index in [0.717, 1.165) is 5.01 Å². The van der Waals surface area contributed by atoms with Crippen LogP contribution >= 0.6 is 0 Å². The van der Waals surface area contributed by atoms with E-state index in [1.807, 2.05) is 0 Å². The normalized spacial score (nSPS) is 9.94. The summed E-state index contributed by atoms with van der Waals surface area (Å²) in [4.78, 5) is 44.4. The highest BCUT2D eigenvalue weighted by atomic mass is 16.6. The van der Waals surface area contributed by atoms with Gasteiger partial charge in [-0.1, -0.05) is 6.08 Å². The molecule has 0 bridgehead atoms. The van der Waals surface area contributed by atoms with Gasteiger partial charge in [0.1, 0.15) is 13.2 Å². The van der Waals surface area contributed by atoms with Gasteiger partial charge in [0.05, 0.1) is 16.4 Å². The van der Waals surface area contributed by atoms with Crippen molar-refractivity contribution in [3.63, 3.8) is 0 Å². The fourth-order valence-electron chi connectivity index (χ4n) is 2.24. The Morgan fingerprint density at radius 1 is 0.903 bits per heavy atom. The summed E-state index contributed by atoms with van der Waals surface area (Å²) in [6, 6.07) is 10.9. The van der Waals surface area contributed by atoms with E-state index in [9.17, 15) is 29.8 Å². The van der Waals surface area contributed by atoms with Gasteiger partial charge in [0.2, 0.25) is 0 Å². The van der Waals surface area contributed by atoms with Crippen molar-refractivity contribution in [2.75, 3.05) is 6.54 Å². The first kappa shape index (κ1) is 22.8. The van der Waals surface area contributed by atoms with Gasteiger partial charge in [0.15, 0.2) is 0 Å². The Bertz CT molecular complexity index is 960. The average molecular weight is 430 g/mol. The van der Waals surface area contributed by atoms with Crippen LogP contribution in [0, 0.1) is 20.2 Å². The fourth-order valence-corrected chi connectivity index (χ4v) is 2.24. The molecule has 0 aliphatic carbocycles. The summed E-state index contributed by atoms with van der Waals surface area (Å²) in [7, 11) is 0. The first-order valence-corrected chi connectivity index (χ1v) is 8.75. The third kappa shape index (κ3) is 7.12. The molecule has 2 amide bonds. The number of non-ortho nitro benzene ring substituents is 2. The number of benzene rings is 2. The van der Waals surface area contributed by atoms with Crippen LogP contribution in [0.4, 0.5) is 21.0 Å². The summed E-state index contributed by atoms with van der Waals surface area (Å²) >= 11 is 0. The number of nitro benzene ring substituents is 2. The molecule has 0 spiro atoms. The van der Waals surface area contributed by atoms with E-state index >= 15 is 0 Å². The van der Waals surface area contributed by atoms with Crippen LogP contribution in [-0.2, 0) is 22.7 Å². The maximum Gasteiger partial charge on any atom is 0.429 e. The lowest BCUT2D eigenvalue weighted by atomic mass is 10.2. The summed E-state index contributed by atoms with van der Waals surface area (Å²) in [5, 5.41) is 22.1. The molecule has 0 saturated heterocycles. The monoisotopic (exact) mass is 430 g/mol. The molecule has 0 aliphatic rings. The molecule has 0 heterocycles. The molecular weight excluding hydrogens is 412 g/mol. The van der Waals surface area contributed by atoms with Gasteiger partial charge in [-0.25, -0.2) is 20.0 Å². The lowest BCUT2D eigenvalue weighted by Crippen LogP contribution is -2.46. The predicted octanol–water partition coefficient (Wildman–Crippen LogP) is 3.47. The molecule has 0 aromatic heterocycles. The summed E-state index contributed by atoms with van der Waals surface area (Å²) in [5.41, 5.74) is 3.04. The van der Waals surface area contributed by atoms with Crippen molar-refractivity contribution in [3.8, 4) is 0 Å². The van der Waals surface area contributed by atoms with Crippen molar-refractivity contribution in [1.29, 1.82) is 0 Å². The van der Waals surface area contributed by atoms with E-state index in [1.165, 1.54) is 54.6 Å². The van der Waals surface area contributed by atoms with Gasteiger partial charge in [-0.3, -0.25) is 20.2 Å². The van der Waals surface area contributed by atoms with Crippen molar-refractivity contribution in [1.82, 2.24) is 10.4 Å². The second-order valence-corrected chi connectivity index (χ2v) is 5.99. The zero-order valence-corrected chi connectivity index (χ0v) is 16.1. The van der Waals surface area contributed by atoms with Gasteiger partial charge in [-0.2, -0.15) is 0 Å². The second kappa shape index (κ2) is 10.9. The zero-order chi connectivity index (χ0) is 22.8. The molecule has 2 aromatic carbocycles. The number of nitro groups is 2. The molecule has 1 N–H and O–H groups in total. The van der Waals surface area contributed by atoms with Crippen molar-refractivity contribution < 1.29 is 28.9 Å². The van der Waals surface area contributed by atoms with E-state index < -0.39 is 22.0 Å². The lowest BCUT2D eigenvalue weighted by Gasteiger charge is -2.21. The lowest BCUT2D eigenvalue weighted by molar-refractivity contribution is -0.385. The van der Waals surface area contributed by atoms with Crippen LogP contribution in [0.5, 0.6) is 0 Å². The molecule has 12 nitrogen and oxygen atoms in total. The number of rotatable bonds is 8. The van der Waals surface area contributed by atoms with Gasteiger partial charge >= 0.3 is 12.2 Å². The quantitative estimate of drug-likeness (QED) is 0.379. The van der Waals surface area contributed by atoms with E-state index in [1.54, 1.807) is 0 Å². The van der Waals surface area contributed by atoms with E-state index in [2.05, 4.69) is 12.0 Å². The molecule has 31 heavy (non-hydrogen) atoms. The predicted molar refractivity (Wildman–Crippen MR) is 107 cm³/mol. The van der Waals surface area contributed by atoms with Crippen LogP contribution in [0.2, 0.25) is 0 Å². The minimum Gasteiger partial charge on any atom is -0.443 e. The van der Waals surface area contributed by atoms with E-state index in [0.29, 0.717) is 11.1 Å². The molecule has 2 rings (SSSR count). The molecule has 2 aromatic rings. The van der Waals surface area contributed by atoms with Crippen LogP contribution < -0.4 is 5.43 Å². The highest BCUT2D eigenvalue weighted by molar-refractivity contribution is 5.74. The maximum atomic E-state index is 12.2. The van der Waals surface area contributed by atoms with Gasteiger partial charge in [0, 0.05) is 24.3 Å². The number of carbonyl (C=O) groups excluding carboxylic acids is 2. The summed E-state index contributed by atoms with van der Waals surface area (Å²) < 4.78 is 10.1. The molecule has 0 atom stereocenters. The van der Waals surface area contributed by atoms with Crippen LogP contribution in [0.3, 0.4) is 0 Å². The van der Waals surface area contributed by atoms with Crippen molar-refractivity contribution in [3.05, 3.63) is 92.5 Å². The smallest absolute Gasteiger partial charge is 0.429 e. The Morgan fingerprint density at radius 3 is 1.77 bits per heavy atom. The number of nitrogens with zero attached hydrogens (tertiary/aromatic N) is 3. The average Bonchev–Trinajstić information content (AvgIpc) is 2.76. The van der Waals surface area contributed by atoms with E-state index in [4.69, 9.17) is 9.47 Å². The van der Waals surface area contributed by atoms with Crippen LogP contribution in [0.1, 0.15) is 11.1 Å². The third-order valence-corrected chi connectivity index (χ3v) is 3.78. The molecule has 0 unspecified atom stereocenters. The number of nitrogens with one attached hydrogen (secondary N) is 1. The summed E-state index contributed by atoms with van der Waals surface area (Å²) in [5.74, 6) is 0. The fraction of sp³-hybridized carbons (Fsp3) is 0.158. The third-order valence-electron chi connectivity index (χ3n) is 3.78. The minimum atomic E-state index is -0.951. The van der Waals surface area contributed by atoms with Crippen molar-refractivity contribution >= 4 is 23.6 Å². The highest BCUT2D eigenvalue weighted by Crippen LogP contribution is 2.14. The Kier molecular flexibility index (Phi) is 8.02. The summed E-state index contributed by atoms with van der Waals surface area (Å²) in [6.45, 7) is 3.06. The molecular formula is C19H18N4O8. The molecule has 0 saturated carbocycles. The van der Waals surface area contributed by atoms with Crippen molar-refractivity contribution in [2.45, 2.75) is 13.2 Å². The zero-order valence-electron chi connectivity index (χ0n) is 16.1. The summed E-state index contributed by atoms with van der Waals surface area (Å²) in [6.07, 6.45) is -0.498. The van der Waals surface area contributed by atoms with Gasteiger partial charge in [-0.15, -0.1) is 6.58 Å². The SMILES string of the molecule is C=CCN(NC(=O)OCc1ccc([N+](=O)[O-])cc1)C(=O)OCc1ccc([N+](=O)[O-])cc1. The van der Waals surface area contributed by atoms with Crippen LogP contribution in [-0.4, -0.2) is 33.6 Å². The molecule has 0 aliphatic heterocycles. The van der Waals surface area contributed by atoms with Crippen molar-refractivity contribution in [2.24, 2.45) is 0 Å². The molecule has 0 radical (unpaired) electrons. The topological polar surface area (TPSA) is 154 Å². The Hall–Kier alpha value is -4.48. The number of hydrazine groups is 1. The second-order valence-electron chi connectivity index (χ2n) is 5.99. The Morgan fingerprint density at radius 2 is 1.35 bits per heavy atom. The van der Waals surface area contributed by atoms with Gasteiger partial charge in [0.25, 0.3) is 11.4 Å². The molecule has 162 valence electrons. The largest absolute Gasteiger partial charge is 0.443 e. The molecule has 12 heteroatoms. The maximum absolute atomic E-state index is 12.2. The Balaban J connectivity index is 1.86. The molecule has 0 fully saturated rings. The first-order valence-electron chi connectivity index (χ1n) is 8.75. The van der Waals surface area contributed by atoms with Crippen LogP contribution in [0.25, 0.3) is 0 Å². The standard InChI is InChI=1S/C19H18N4O8/c1-2-11-21(19(25)31-13-15-5-9-17(10-6-15)23(28)29)20-18(24)30-12-14-3-7-16(8-4-14)22(26)27/h2-10H,1,11-13H2,(H,20,24). The first-order chi connectivity index (χ1) is 14.8. The minimum absolute atomic E-state index is 0.0777. The van der Waals surface area contributed by atoms with Gasteiger partial charge in [-0.05, 0) is 35.4 Å². The van der Waals surface area contributed by atoms with Gasteiger partial charge < -0.3 is 9.47 Å². The number of amides is 2. The Labute approximate surface area is 175 Å². The number of hydrogen-bond donors (Lipinski definition) is 1. The number of ether oxygens (including phenoxy) is 2. The number of carbonyl (C=O) groups is 2. The number of hydrogen-bond acceptors (Lipinski definition) is 8. The van der Waals surface area contributed by atoms with Crippen LogP contribution in [0.15, 0.2) is 61.2 Å². The highest BCUT2D eigenvalue weighted by Gasteiger charge is 2.18. The van der Waals surface area contributed by atoms with E-state index in [-0.39, 0.29) is 31.1 Å².